The SMILES string of the molecule is CN(C)C1(N(C)C)C=C[CH]C=C1. The van der Waals surface area contributed by atoms with E-state index in [0.29, 0.717) is 0 Å². The van der Waals surface area contributed by atoms with Crippen molar-refractivity contribution < 1.29 is 0 Å². The second-order valence-corrected chi connectivity index (χ2v) is 3.48. The van der Waals surface area contributed by atoms with E-state index in [0.717, 1.165) is 0 Å². The highest BCUT2D eigenvalue weighted by molar-refractivity contribution is 5.28. The molecule has 0 fully saturated rings. The predicted octanol–water partition coefficient (Wildman–Crippen LogP) is 1.14. The maximum atomic E-state index is 2.19. The lowest BCUT2D eigenvalue weighted by atomic mass is 10.0. The number of nitrogens with zero attached hydrogens (tertiary/aromatic N) is 2. The first-order valence-corrected chi connectivity index (χ1v) is 4.15. The van der Waals surface area contributed by atoms with E-state index in [9.17, 15) is 0 Å². The van der Waals surface area contributed by atoms with Crippen molar-refractivity contribution in [1.82, 2.24) is 9.80 Å². The van der Waals surface area contributed by atoms with Gasteiger partial charge in [0.05, 0.1) is 0 Å². The fourth-order valence-electron chi connectivity index (χ4n) is 1.51. The van der Waals surface area contributed by atoms with Crippen molar-refractivity contribution in [3.05, 3.63) is 30.7 Å². The summed E-state index contributed by atoms with van der Waals surface area (Å²) in [5, 5.41) is 0. The zero-order valence-electron chi connectivity index (χ0n) is 8.28. The molecule has 1 aliphatic rings. The second-order valence-electron chi connectivity index (χ2n) is 3.48. The molecule has 0 N–H and O–H groups in total. The van der Waals surface area contributed by atoms with E-state index in [1.807, 2.05) is 6.42 Å². The molecule has 1 rings (SSSR count). The van der Waals surface area contributed by atoms with Crippen LogP contribution in [0.4, 0.5) is 0 Å². The largest absolute Gasteiger partial charge is 0.285 e. The summed E-state index contributed by atoms with van der Waals surface area (Å²) in [5.41, 5.74) is -0.0469. The van der Waals surface area contributed by atoms with Crippen LogP contribution in [0.2, 0.25) is 0 Å². The van der Waals surface area contributed by atoms with Gasteiger partial charge in [-0.15, -0.1) is 0 Å². The van der Waals surface area contributed by atoms with E-state index in [1.54, 1.807) is 0 Å². The molecule has 0 heterocycles. The van der Waals surface area contributed by atoms with Crippen molar-refractivity contribution >= 4 is 0 Å². The summed E-state index contributed by atoms with van der Waals surface area (Å²) in [6.07, 6.45) is 10.6. The van der Waals surface area contributed by atoms with Gasteiger partial charge in [-0.1, -0.05) is 12.2 Å². The van der Waals surface area contributed by atoms with Crippen LogP contribution in [0.15, 0.2) is 24.3 Å². The Morgan fingerprint density at radius 2 is 1.25 bits per heavy atom. The average molecular weight is 165 g/mol. The fraction of sp³-hybridized carbons (Fsp3) is 0.500. The van der Waals surface area contributed by atoms with Gasteiger partial charge in [-0.3, -0.25) is 9.80 Å². The molecule has 2 nitrogen and oxygen atoms in total. The summed E-state index contributed by atoms with van der Waals surface area (Å²) < 4.78 is 0. The molecule has 1 radical (unpaired) electrons. The smallest absolute Gasteiger partial charge is 0.111 e. The van der Waals surface area contributed by atoms with E-state index in [1.165, 1.54) is 0 Å². The minimum absolute atomic E-state index is 0.0469. The molecule has 0 aromatic carbocycles. The molecule has 0 atom stereocenters. The molecule has 0 aromatic rings. The lowest BCUT2D eigenvalue weighted by molar-refractivity contribution is 0.0966. The molecule has 0 unspecified atom stereocenters. The third-order valence-corrected chi connectivity index (χ3v) is 2.34. The van der Waals surface area contributed by atoms with Gasteiger partial charge in [-0.25, -0.2) is 0 Å². The minimum Gasteiger partial charge on any atom is -0.285 e. The lowest BCUT2D eigenvalue weighted by Crippen LogP contribution is -2.52. The summed E-state index contributed by atoms with van der Waals surface area (Å²) in [5.74, 6) is 0. The molecule has 0 amide bonds. The first-order chi connectivity index (χ1) is 5.59. The Balaban J connectivity index is 2.93. The Kier molecular flexibility index (Phi) is 2.70. The van der Waals surface area contributed by atoms with E-state index >= 15 is 0 Å². The summed E-state index contributed by atoms with van der Waals surface area (Å²) in [7, 11) is 8.33. The van der Waals surface area contributed by atoms with Crippen LogP contribution in [0.25, 0.3) is 0 Å². The van der Waals surface area contributed by atoms with E-state index in [-0.39, 0.29) is 5.66 Å². The van der Waals surface area contributed by atoms with Gasteiger partial charge in [0.25, 0.3) is 0 Å². The van der Waals surface area contributed by atoms with Crippen LogP contribution in [0.5, 0.6) is 0 Å². The summed E-state index contributed by atoms with van der Waals surface area (Å²) in [6, 6.07) is 0. The third kappa shape index (κ3) is 1.45. The third-order valence-electron chi connectivity index (χ3n) is 2.34. The number of hydrogen-bond acceptors (Lipinski definition) is 2. The molecule has 0 aromatic heterocycles. The Labute approximate surface area is 75.2 Å². The van der Waals surface area contributed by atoms with Gasteiger partial charge in [-0.05, 0) is 40.3 Å². The van der Waals surface area contributed by atoms with Crippen molar-refractivity contribution in [3.63, 3.8) is 0 Å². The van der Waals surface area contributed by atoms with E-state index < -0.39 is 0 Å². The van der Waals surface area contributed by atoms with Gasteiger partial charge in [0.2, 0.25) is 0 Å². The Bertz CT molecular complexity index is 180. The van der Waals surface area contributed by atoms with Crippen molar-refractivity contribution in [3.8, 4) is 0 Å². The van der Waals surface area contributed by atoms with Gasteiger partial charge >= 0.3 is 0 Å². The molecule has 0 bridgehead atoms. The molecule has 0 aliphatic heterocycles. The quantitative estimate of drug-likeness (QED) is 0.566. The number of hydrogen-bond donors (Lipinski definition) is 0. The Morgan fingerprint density at radius 3 is 1.50 bits per heavy atom. The zero-order valence-corrected chi connectivity index (χ0v) is 8.28. The maximum absolute atomic E-state index is 2.19. The first-order valence-electron chi connectivity index (χ1n) is 4.15. The molecule has 0 saturated heterocycles. The number of likely N-dealkylation sites (N-methyl/N-ethyl adjacent to an activating group) is 2. The number of allylic oxidation sites excluding steroid dienone is 2. The van der Waals surface area contributed by atoms with Crippen LogP contribution in [-0.4, -0.2) is 43.7 Å². The summed E-state index contributed by atoms with van der Waals surface area (Å²) >= 11 is 0. The van der Waals surface area contributed by atoms with Gasteiger partial charge in [-0.2, -0.15) is 0 Å². The van der Waals surface area contributed by atoms with Crippen molar-refractivity contribution in [2.75, 3.05) is 28.2 Å². The van der Waals surface area contributed by atoms with E-state index in [4.69, 9.17) is 0 Å². The van der Waals surface area contributed by atoms with Crippen molar-refractivity contribution in [2.24, 2.45) is 0 Å². The molecule has 2 heteroatoms. The molecule has 0 saturated carbocycles. The predicted molar refractivity (Wildman–Crippen MR) is 52.7 cm³/mol. The normalized spacial score (nSPS) is 20.8. The summed E-state index contributed by atoms with van der Waals surface area (Å²) in [4.78, 5) is 4.38. The van der Waals surface area contributed by atoms with Crippen LogP contribution in [0.1, 0.15) is 0 Å². The topological polar surface area (TPSA) is 6.48 Å². The molecule has 1 aliphatic carbocycles. The fourth-order valence-corrected chi connectivity index (χ4v) is 1.51. The molecular formula is C10H17N2. The lowest BCUT2D eigenvalue weighted by Gasteiger charge is -2.41. The average Bonchev–Trinajstić information content (AvgIpc) is 2.05. The molecule has 12 heavy (non-hydrogen) atoms. The van der Waals surface area contributed by atoms with Gasteiger partial charge < -0.3 is 0 Å². The van der Waals surface area contributed by atoms with E-state index in [2.05, 4.69) is 62.3 Å². The van der Waals surface area contributed by atoms with Crippen LogP contribution in [-0.2, 0) is 0 Å². The summed E-state index contributed by atoms with van der Waals surface area (Å²) in [6.45, 7) is 0. The standard InChI is InChI=1S/C10H17N2/c1-11(2)10(12(3)4)8-6-5-7-9-10/h5-9H,1-4H3. The molecule has 67 valence electrons. The van der Waals surface area contributed by atoms with Crippen molar-refractivity contribution in [2.45, 2.75) is 5.66 Å². The second kappa shape index (κ2) is 3.42. The highest BCUT2D eigenvalue weighted by Gasteiger charge is 2.29. The van der Waals surface area contributed by atoms with Gasteiger partial charge in [0, 0.05) is 6.42 Å². The van der Waals surface area contributed by atoms with Crippen LogP contribution in [0, 0.1) is 6.42 Å². The zero-order chi connectivity index (χ0) is 9.19. The van der Waals surface area contributed by atoms with Gasteiger partial charge in [0.1, 0.15) is 5.66 Å². The van der Waals surface area contributed by atoms with Gasteiger partial charge in [0.15, 0.2) is 0 Å². The highest BCUT2D eigenvalue weighted by Crippen LogP contribution is 2.22. The molecule has 0 spiro atoms. The monoisotopic (exact) mass is 165 g/mol. The maximum Gasteiger partial charge on any atom is 0.111 e. The molecular weight excluding hydrogens is 148 g/mol. The number of rotatable bonds is 2. The first kappa shape index (κ1) is 9.49. The Morgan fingerprint density at radius 1 is 0.833 bits per heavy atom. The minimum atomic E-state index is -0.0469. The van der Waals surface area contributed by atoms with Crippen molar-refractivity contribution in [1.29, 1.82) is 0 Å². The van der Waals surface area contributed by atoms with Crippen LogP contribution < -0.4 is 0 Å². The Hall–Kier alpha value is -0.600. The van der Waals surface area contributed by atoms with Crippen LogP contribution in [0.3, 0.4) is 0 Å². The van der Waals surface area contributed by atoms with Crippen LogP contribution >= 0.6 is 0 Å². The highest BCUT2D eigenvalue weighted by atomic mass is 15.4.